The molecule has 0 bridgehead atoms. The zero-order valence-electron chi connectivity index (χ0n) is 53.5. The van der Waals surface area contributed by atoms with Crippen molar-refractivity contribution in [1.82, 2.24) is 39.5 Å². The van der Waals surface area contributed by atoms with Crippen LogP contribution in [-0.2, 0) is 103 Å². The van der Waals surface area contributed by atoms with Gasteiger partial charge in [0.25, 0.3) is 5.92 Å². The second-order valence-electron chi connectivity index (χ2n) is 24.8. The molecule has 2 aliphatic carbocycles. The van der Waals surface area contributed by atoms with Gasteiger partial charge in [-0.15, -0.1) is 0 Å². The fourth-order valence-corrected chi connectivity index (χ4v) is 14.0. The molecule has 2 aliphatic rings. The number of nitrogens with one attached hydrogen (secondary N) is 2. The largest absolute Gasteiger partial charge is 0.530 e. The van der Waals surface area contributed by atoms with Gasteiger partial charge in [-0.3, -0.25) is 37.6 Å². The molecule has 536 valence electrons. The van der Waals surface area contributed by atoms with E-state index in [4.69, 9.17) is 25.2 Å². The number of fused-ring (bicyclic) bond motifs is 4. The van der Waals surface area contributed by atoms with E-state index in [2.05, 4.69) is 37.7 Å². The van der Waals surface area contributed by atoms with Crippen LogP contribution < -0.4 is 15.2 Å². The SMILES string of the molecule is CC(C)OP(=O)(Oc1cccc(CC(=O)N[C@@H](CC(=O)O)C(=O)O)c1C(C)CC(=O)CN(Cc1nn(CC(F)(F)F)c2c(-c3ccc(C#CC(C)(C)S(C)(=O)=O)nc3[C@H](Cc3cc(F)cc(F)c3)NC(=O)Cn3nc(C(F)(F)F)c4c3C(F)(F)[C@@H]3C[C@H]43)ccc(Cl)c12)[SH](=O)=O)OC(C)C. The number of benzene rings is 3. The lowest BCUT2D eigenvalue weighted by Gasteiger charge is -2.26. The smallest absolute Gasteiger partial charge is 0.481 e. The van der Waals surface area contributed by atoms with Crippen molar-refractivity contribution in [2.75, 3.05) is 12.8 Å². The van der Waals surface area contributed by atoms with E-state index in [1.165, 1.54) is 66.7 Å². The maximum absolute atomic E-state index is 15.8. The number of nitrogens with zero attached hydrogens (tertiary/aromatic N) is 6. The van der Waals surface area contributed by atoms with Crippen LogP contribution in [0.4, 0.5) is 43.9 Å². The lowest BCUT2D eigenvalue weighted by atomic mass is 9.89. The molecule has 0 spiro atoms. The Hall–Kier alpha value is -8.00. The maximum Gasteiger partial charge on any atom is 0.530 e. The molecule has 2 amide bonds. The van der Waals surface area contributed by atoms with Crippen molar-refractivity contribution in [2.24, 2.45) is 5.92 Å². The molecule has 4 N–H and O–H groups in total. The Bertz CT molecular complexity index is 4470. The van der Waals surface area contributed by atoms with Crippen molar-refractivity contribution in [3.8, 4) is 28.7 Å². The Morgan fingerprint density at radius 1 is 0.879 bits per heavy atom. The summed E-state index contributed by atoms with van der Waals surface area (Å²) in [5.74, 6) is -12.0. The summed E-state index contributed by atoms with van der Waals surface area (Å²) in [7, 11) is -12.5. The number of thiol groups is 1. The topological polar surface area (TPSA) is 315 Å². The third-order valence-electron chi connectivity index (χ3n) is 15.8. The summed E-state index contributed by atoms with van der Waals surface area (Å²) in [5.41, 5.74) is -6.59. The molecule has 23 nitrogen and oxygen atoms in total. The Labute approximate surface area is 565 Å². The van der Waals surface area contributed by atoms with Crippen LogP contribution in [0.2, 0.25) is 5.02 Å². The van der Waals surface area contributed by atoms with Crippen LogP contribution in [0.5, 0.6) is 5.75 Å². The standard InChI is InChI=1S/C62H64ClF10N8O15PS2/c1-30(2)94-97(89,95-31(3)4)96-47-11-9-10-34(22-48(83)76-45(58(87)88)25-50(85)86)51(47)32(5)18-38(82)26-79(98(90)91)27-46-53-43(63)15-14-40(55(53)81(77-46)29-60(66,67)68)39-13-12-37(16-17-59(6,7)99(8,92)93)74-54(39)44(21-33-19-35(64)23-36(65)20-33)75-49(84)28-80-57-52(56(78-80)62(71,72)73)41-24-42(41)61(57,69)70/h9-15,19-20,23,30-32,41-42,44-45,98H,18,21-22,24-29H2,1-8H3,(H,75,84)(H,76,83)(H,85,86)(H,87,88)/t32?,41-,42+,44-,45-/m0/s1. The lowest BCUT2D eigenvalue weighted by Crippen LogP contribution is -2.43. The number of carbonyl (C=O) groups excluding carboxylic acids is 3. The van der Waals surface area contributed by atoms with Crippen molar-refractivity contribution < 1.29 is 113 Å². The number of amides is 2. The highest BCUT2D eigenvalue weighted by Crippen LogP contribution is 2.68. The number of carboxylic acid groups (broad SMARTS) is 2. The van der Waals surface area contributed by atoms with Crippen LogP contribution in [0.1, 0.15) is 136 Å². The minimum atomic E-state index is -5.27. The molecule has 6 aromatic rings. The summed E-state index contributed by atoms with van der Waals surface area (Å²) in [5, 5.41) is 30.2. The number of sulfone groups is 1. The first-order chi connectivity index (χ1) is 45.8. The van der Waals surface area contributed by atoms with E-state index in [-0.39, 0.29) is 50.4 Å². The second kappa shape index (κ2) is 29.3. The van der Waals surface area contributed by atoms with E-state index in [0.717, 1.165) is 42.7 Å². The Balaban J connectivity index is 1.23. The van der Waals surface area contributed by atoms with Gasteiger partial charge in [0.15, 0.2) is 15.5 Å². The molecule has 1 saturated carbocycles. The first-order valence-corrected chi connectivity index (χ1v) is 34.8. The van der Waals surface area contributed by atoms with Crippen LogP contribution in [-0.4, -0.2) is 127 Å². The van der Waals surface area contributed by atoms with E-state index < -0.39 is 231 Å². The van der Waals surface area contributed by atoms with Gasteiger partial charge in [0.2, 0.25) is 22.7 Å². The number of aliphatic carboxylic acids is 2. The summed E-state index contributed by atoms with van der Waals surface area (Å²) in [4.78, 5) is 70.1. The van der Waals surface area contributed by atoms with Gasteiger partial charge in [-0.1, -0.05) is 42.6 Å². The molecule has 5 atom stereocenters. The number of carboxylic acids is 2. The van der Waals surface area contributed by atoms with Gasteiger partial charge >= 0.3 is 32.1 Å². The summed E-state index contributed by atoms with van der Waals surface area (Å²) in [6.07, 6.45) is -14.6. The summed E-state index contributed by atoms with van der Waals surface area (Å²) in [6.45, 7) is 4.43. The lowest BCUT2D eigenvalue weighted by molar-refractivity contribution is -0.147. The average molecular weight is 1480 g/mol. The van der Waals surface area contributed by atoms with Crippen molar-refractivity contribution in [3.05, 3.63) is 128 Å². The molecule has 1 fully saturated rings. The highest BCUT2D eigenvalue weighted by molar-refractivity contribution is 7.92. The number of pyridine rings is 1. The minimum absolute atomic E-state index is 0.0128. The molecule has 3 heterocycles. The number of rotatable bonds is 29. The molecule has 0 saturated heterocycles. The van der Waals surface area contributed by atoms with Gasteiger partial charge in [-0.2, -0.15) is 49.6 Å². The number of ketones is 1. The normalized spacial score (nSPS) is 16.3. The zero-order valence-corrected chi connectivity index (χ0v) is 56.9. The number of phosphoric acid groups is 1. The van der Waals surface area contributed by atoms with Crippen LogP contribution in [0.15, 0.2) is 60.7 Å². The highest BCUT2D eigenvalue weighted by atomic mass is 35.5. The fraction of sp³-hybridized carbons (Fsp3) is 0.452. The van der Waals surface area contributed by atoms with E-state index >= 15 is 17.6 Å². The maximum atomic E-state index is 15.8. The number of Topliss-reactive ketones (excluding diaryl/α,β-unsaturated/α-hetero) is 1. The molecule has 1 unspecified atom stereocenters. The molecular weight excluding hydrogens is 1420 g/mol. The number of alkyl halides is 8. The van der Waals surface area contributed by atoms with Crippen molar-refractivity contribution in [2.45, 2.75) is 159 Å². The van der Waals surface area contributed by atoms with Crippen LogP contribution in [0.3, 0.4) is 0 Å². The fourth-order valence-electron chi connectivity index (χ4n) is 11.4. The van der Waals surface area contributed by atoms with E-state index in [1.54, 1.807) is 0 Å². The third-order valence-corrected chi connectivity index (χ3v) is 20.6. The van der Waals surface area contributed by atoms with Crippen molar-refractivity contribution in [3.63, 3.8) is 0 Å². The number of hydrogen-bond acceptors (Lipinski definition) is 16. The molecule has 0 aliphatic heterocycles. The Kier molecular flexibility index (Phi) is 22.7. The highest BCUT2D eigenvalue weighted by Gasteiger charge is 2.68. The van der Waals surface area contributed by atoms with E-state index in [1.807, 2.05) is 0 Å². The number of carbonyl (C=O) groups is 5. The number of phosphoric ester groups is 1. The molecule has 0 radical (unpaired) electrons. The number of aromatic nitrogens is 5. The Morgan fingerprint density at radius 2 is 1.52 bits per heavy atom. The third kappa shape index (κ3) is 18.3. The first kappa shape index (κ1) is 76.7. The van der Waals surface area contributed by atoms with E-state index in [0.29, 0.717) is 15.1 Å². The molecule has 3 aromatic carbocycles. The van der Waals surface area contributed by atoms with Crippen molar-refractivity contribution >= 4 is 80.6 Å². The Morgan fingerprint density at radius 3 is 2.09 bits per heavy atom. The molecule has 8 rings (SSSR count). The summed E-state index contributed by atoms with van der Waals surface area (Å²) in [6, 6.07) is 6.74. The van der Waals surface area contributed by atoms with Gasteiger partial charge in [-0.25, -0.2) is 40.0 Å². The molecule has 99 heavy (non-hydrogen) atoms. The van der Waals surface area contributed by atoms with Crippen LogP contribution in [0.25, 0.3) is 22.0 Å². The number of halogens is 11. The van der Waals surface area contributed by atoms with Crippen molar-refractivity contribution in [1.29, 1.82) is 0 Å². The van der Waals surface area contributed by atoms with Gasteiger partial charge in [-0.05, 0) is 120 Å². The minimum Gasteiger partial charge on any atom is -0.481 e. The van der Waals surface area contributed by atoms with Gasteiger partial charge < -0.3 is 25.4 Å². The summed E-state index contributed by atoms with van der Waals surface area (Å²) < 4.78 is 232. The number of hydrogen-bond donors (Lipinski definition) is 5. The van der Waals surface area contributed by atoms with Crippen LogP contribution in [0, 0.1) is 29.4 Å². The molecule has 3 aromatic heterocycles. The second-order valence-corrected chi connectivity index (χ2v) is 30.3. The van der Waals surface area contributed by atoms with Crippen LogP contribution >= 0.6 is 19.4 Å². The first-order valence-electron chi connectivity index (χ1n) is 30.0. The van der Waals surface area contributed by atoms with E-state index in [9.17, 15) is 81.9 Å². The van der Waals surface area contributed by atoms with Gasteiger partial charge in [0.05, 0.1) is 66.1 Å². The quantitative estimate of drug-likeness (QED) is 0.0126. The predicted molar refractivity (Wildman–Crippen MR) is 334 cm³/mol. The summed E-state index contributed by atoms with van der Waals surface area (Å²) >= 11 is 6.83. The zero-order chi connectivity index (χ0) is 73.6. The molecular formula is C62H64ClF10N8O15PS2. The van der Waals surface area contributed by atoms with Gasteiger partial charge in [0, 0.05) is 52.3 Å². The van der Waals surface area contributed by atoms with Gasteiger partial charge in [0.1, 0.15) is 58.4 Å². The monoisotopic (exact) mass is 1480 g/mol. The average Bonchev–Trinajstić information content (AvgIpc) is 1.52. The predicted octanol–water partition coefficient (Wildman–Crippen LogP) is 10.3. The molecule has 37 heteroatoms.